The second-order valence-corrected chi connectivity index (χ2v) is 12.7. The van der Waals surface area contributed by atoms with Gasteiger partial charge in [0.05, 0.1) is 18.6 Å². The number of rotatable bonds is 12. The standard InChI is InChI=1S/C31H38FN3O5S/c1-6-40-27-18-16-26(17-19-27)35(41(5,38)39)22-29(36)34(21-24-12-14-25(32)15-13-24)28(30(37)33-31(2,3)4)20-23-10-8-7-9-11-23/h7-19,28H,6,20-22H2,1-5H3,(H,33,37)/t28-/m0/s1. The van der Waals surface area contributed by atoms with Gasteiger partial charge in [-0.3, -0.25) is 13.9 Å². The molecule has 0 saturated heterocycles. The molecule has 0 aromatic heterocycles. The first-order valence-electron chi connectivity index (χ1n) is 13.4. The van der Waals surface area contributed by atoms with Gasteiger partial charge in [0.2, 0.25) is 21.8 Å². The van der Waals surface area contributed by atoms with E-state index in [-0.39, 0.29) is 24.6 Å². The van der Waals surface area contributed by atoms with Crippen LogP contribution in [0.2, 0.25) is 0 Å². The van der Waals surface area contributed by atoms with Crippen molar-refractivity contribution in [1.29, 1.82) is 0 Å². The van der Waals surface area contributed by atoms with Gasteiger partial charge in [0.25, 0.3) is 0 Å². The number of nitrogens with zero attached hydrogens (tertiary/aromatic N) is 2. The number of carbonyl (C=O) groups is 2. The molecular weight excluding hydrogens is 545 g/mol. The minimum atomic E-state index is -3.89. The first kappa shape index (κ1) is 31.6. The Morgan fingerprint density at radius 2 is 1.54 bits per heavy atom. The van der Waals surface area contributed by atoms with E-state index in [1.165, 1.54) is 29.2 Å². The number of halogens is 1. The predicted molar refractivity (Wildman–Crippen MR) is 159 cm³/mol. The predicted octanol–water partition coefficient (Wildman–Crippen LogP) is 4.55. The highest BCUT2D eigenvalue weighted by molar-refractivity contribution is 7.92. The van der Waals surface area contributed by atoms with Gasteiger partial charge in [0.1, 0.15) is 24.2 Å². The van der Waals surface area contributed by atoms with Crippen LogP contribution < -0.4 is 14.4 Å². The van der Waals surface area contributed by atoms with Gasteiger partial charge in [-0.25, -0.2) is 12.8 Å². The molecule has 1 N–H and O–H groups in total. The van der Waals surface area contributed by atoms with Crippen molar-refractivity contribution >= 4 is 27.5 Å². The molecule has 220 valence electrons. The highest BCUT2D eigenvalue weighted by Crippen LogP contribution is 2.23. The average Bonchev–Trinajstić information content (AvgIpc) is 2.90. The summed E-state index contributed by atoms with van der Waals surface area (Å²) in [6.45, 7) is 7.24. The summed E-state index contributed by atoms with van der Waals surface area (Å²) < 4.78 is 45.9. The molecular formula is C31H38FN3O5S. The van der Waals surface area contributed by atoms with Crippen molar-refractivity contribution < 1.29 is 27.1 Å². The summed E-state index contributed by atoms with van der Waals surface area (Å²) in [6.07, 6.45) is 1.21. The Labute approximate surface area is 242 Å². The second-order valence-electron chi connectivity index (χ2n) is 10.8. The van der Waals surface area contributed by atoms with Gasteiger partial charge >= 0.3 is 0 Å². The summed E-state index contributed by atoms with van der Waals surface area (Å²) in [5.41, 5.74) is 1.11. The van der Waals surface area contributed by atoms with Crippen LogP contribution in [-0.4, -0.2) is 56.1 Å². The largest absolute Gasteiger partial charge is 0.494 e. The van der Waals surface area contributed by atoms with E-state index in [4.69, 9.17) is 4.74 Å². The maximum atomic E-state index is 14.1. The Hall–Kier alpha value is -3.92. The molecule has 0 heterocycles. The van der Waals surface area contributed by atoms with Crippen LogP contribution >= 0.6 is 0 Å². The number of carbonyl (C=O) groups excluding carboxylic acids is 2. The van der Waals surface area contributed by atoms with Gasteiger partial charge in [-0.2, -0.15) is 0 Å². The Morgan fingerprint density at radius 1 is 0.927 bits per heavy atom. The lowest BCUT2D eigenvalue weighted by atomic mass is 10.0. The first-order valence-corrected chi connectivity index (χ1v) is 15.2. The number of nitrogens with one attached hydrogen (secondary N) is 1. The Morgan fingerprint density at radius 3 is 2.07 bits per heavy atom. The number of anilines is 1. The molecule has 0 bridgehead atoms. The summed E-state index contributed by atoms with van der Waals surface area (Å²) in [5.74, 6) is -0.838. The fraction of sp³-hybridized carbons (Fsp3) is 0.355. The number of amides is 2. The monoisotopic (exact) mass is 583 g/mol. The fourth-order valence-corrected chi connectivity index (χ4v) is 5.13. The summed E-state index contributed by atoms with van der Waals surface area (Å²) in [6, 6.07) is 20.3. The first-order chi connectivity index (χ1) is 19.3. The molecule has 41 heavy (non-hydrogen) atoms. The zero-order valence-corrected chi connectivity index (χ0v) is 24.9. The topological polar surface area (TPSA) is 96.0 Å². The van der Waals surface area contributed by atoms with Crippen LogP contribution in [0.5, 0.6) is 5.75 Å². The van der Waals surface area contributed by atoms with Crippen molar-refractivity contribution in [2.24, 2.45) is 0 Å². The lowest BCUT2D eigenvalue weighted by Gasteiger charge is -2.35. The van der Waals surface area contributed by atoms with E-state index in [0.29, 0.717) is 17.9 Å². The molecule has 3 aromatic rings. The minimum Gasteiger partial charge on any atom is -0.494 e. The molecule has 3 aromatic carbocycles. The third kappa shape index (κ3) is 9.60. The van der Waals surface area contributed by atoms with Crippen LogP contribution in [0.3, 0.4) is 0 Å². The van der Waals surface area contributed by atoms with Gasteiger partial charge in [-0.1, -0.05) is 42.5 Å². The molecule has 0 radical (unpaired) electrons. The molecule has 8 nitrogen and oxygen atoms in total. The van der Waals surface area contributed by atoms with Crippen molar-refractivity contribution in [2.75, 3.05) is 23.7 Å². The van der Waals surface area contributed by atoms with Crippen LogP contribution in [0.15, 0.2) is 78.9 Å². The number of benzene rings is 3. The van der Waals surface area contributed by atoms with Crippen LogP contribution in [0.1, 0.15) is 38.8 Å². The van der Waals surface area contributed by atoms with E-state index in [1.54, 1.807) is 24.3 Å². The van der Waals surface area contributed by atoms with Crippen LogP contribution in [0.25, 0.3) is 0 Å². The molecule has 0 spiro atoms. The van der Waals surface area contributed by atoms with Crippen molar-refractivity contribution in [3.05, 3.63) is 95.8 Å². The molecule has 1 atom stereocenters. The Kier molecular flexibility index (Phi) is 10.5. The third-order valence-electron chi connectivity index (χ3n) is 6.15. The molecule has 0 aliphatic heterocycles. The van der Waals surface area contributed by atoms with E-state index >= 15 is 0 Å². The maximum absolute atomic E-state index is 14.1. The molecule has 0 saturated carbocycles. The molecule has 0 aliphatic rings. The Bertz CT molecular complexity index is 1410. The Balaban J connectivity index is 2.04. The van der Waals surface area contributed by atoms with Crippen LogP contribution in [0, 0.1) is 5.82 Å². The highest BCUT2D eigenvalue weighted by atomic mass is 32.2. The zero-order valence-electron chi connectivity index (χ0n) is 24.1. The van der Waals surface area contributed by atoms with E-state index in [0.717, 1.165) is 16.1 Å². The van der Waals surface area contributed by atoms with E-state index in [9.17, 15) is 22.4 Å². The quantitative estimate of drug-likeness (QED) is 0.338. The number of sulfonamides is 1. The van der Waals surface area contributed by atoms with Crippen molar-refractivity contribution in [3.8, 4) is 5.75 Å². The van der Waals surface area contributed by atoms with Gasteiger partial charge in [-0.15, -0.1) is 0 Å². The highest BCUT2D eigenvalue weighted by Gasteiger charge is 2.34. The van der Waals surface area contributed by atoms with Crippen LogP contribution in [0.4, 0.5) is 10.1 Å². The summed E-state index contributed by atoms with van der Waals surface area (Å²) in [5, 5.41) is 2.96. The smallest absolute Gasteiger partial charge is 0.244 e. The van der Waals surface area contributed by atoms with Crippen LogP contribution in [-0.2, 0) is 32.6 Å². The van der Waals surface area contributed by atoms with Crippen molar-refractivity contribution in [3.63, 3.8) is 0 Å². The molecule has 10 heteroatoms. The SMILES string of the molecule is CCOc1ccc(N(CC(=O)N(Cc2ccc(F)cc2)[C@@H](Cc2ccccc2)C(=O)NC(C)(C)C)S(C)(=O)=O)cc1. The molecule has 0 unspecified atom stereocenters. The van der Waals surface area contributed by atoms with Crippen molar-refractivity contribution in [1.82, 2.24) is 10.2 Å². The fourth-order valence-electron chi connectivity index (χ4n) is 4.28. The van der Waals surface area contributed by atoms with Gasteiger partial charge in [0.15, 0.2) is 0 Å². The lowest BCUT2D eigenvalue weighted by molar-refractivity contribution is -0.140. The van der Waals surface area contributed by atoms with Crippen molar-refractivity contribution in [2.45, 2.75) is 52.2 Å². The molecule has 0 aliphatic carbocycles. The van der Waals surface area contributed by atoms with E-state index in [2.05, 4.69) is 5.32 Å². The summed E-state index contributed by atoms with van der Waals surface area (Å²) in [7, 11) is -3.89. The van der Waals surface area contributed by atoms with E-state index in [1.807, 2.05) is 58.0 Å². The minimum absolute atomic E-state index is 0.0327. The molecule has 2 amide bonds. The average molecular weight is 584 g/mol. The third-order valence-corrected chi connectivity index (χ3v) is 7.29. The normalized spacial score (nSPS) is 12.3. The number of ether oxygens (including phenoxy) is 1. The van der Waals surface area contributed by atoms with Gasteiger partial charge in [-0.05, 0) is 75.2 Å². The molecule has 3 rings (SSSR count). The van der Waals surface area contributed by atoms with Gasteiger partial charge in [0, 0.05) is 18.5 Å². The number of hydrogen-bond donors (Lipinski definition) is 1. The zero-order chi connectivity index (χ0) is 30.2. The molecule has 0 fully saturated rings. The summed E-state index contributed by atoms with van der Waals surface area (Å²) >= 11 is 0. The number of hydrogen-bond acceptors (Lipinski definition) is 5. The lowest BCUT2D eigenvalue weighted by Crippen LogP contribution is -2.56. The van der Waals surface area contributed by atoms with Gasteiger partial charge < -0.3 is 15.0 Å². The van der Waals surface area contributed by atoms with E-state index < -0.39 is 39.9 Å². The second kappa shape index (κ2) is 13.6. The summed E-state index contributed by atoms with van der Waals surface area (Å²) in [4.78, 5) is 29.1. The maximum Gasteiger partial charge on any atom is 0.244 e.